The highest BCUT2D eigenvalue weighted by Crippen LogP contribution is 2.21. The zero-order valence-corrected chi connectivity index (χ0v) is 8.95. The molecular weight excluding hydrogens is 240 g/mol. The topological polar surface area (TPSA) is 131 Å². The van der Waals surface area contributed by atoms with Crippen LogP contribution in [0.5, 0.6) is 11.6 Å². The van der Waals surface area contributed by atoms with E-state index in [4.69, 9.17) is 15.6 Å². The number of amides is 1. The Bertz CT molecular complexity index is 590. The zero-order chi connectivity index (χ0) is 13.1. The summed E-state index contributed by atoms with van der Waals surface area (Å²) in [4.78, 5) is 21.6. The van der Waals surface area contributed by atoms with Crippen molar-refractivity contribution in [2.24, 2.45) is 5.73 Å². The fraction of sp³-hybridized carbons (Fsp3) is 0. The Labute approximate surface area is 100 Å². The third-order valence-corrected chi connectivity index (χ3v) is 2.08. The molecule has 0 atom stereocenters. The van der Waals surface area contributed by atoms with Crippen molar-refractivity contribution in [2.45, 2.75) is 0 Å². The first-order valence-electron chi connectivity index (χ1n) is 4.80. The van der Waals surface area contributed by atoms with E-state index in [0.29, 0.717) is 11.3 Å². The summed E-state index contributed by atoms with van der Waals surface area (Å²) in [5.41, 5.74) is 5.08. The summed E-state index contributed by atoms with van der Waals surface area (Å²) >= 11 is 0. The van der Waals surface area contributed by atoms with Crippen LogP contribution in [-0.4, -0.2) is 32.4 Å². The maximum atomic E-state index is 10.9. The van der Waals surface area contributed by atoms with E-state index >= 15 is 0 Å². The van der Waals surface area contributed by atoms with Gasteiger partial charge in [-0.05, 0) is 24.3 Å². The number of carbonyl (C=O) groups is 2. The molecule has 8 nitrogen and oxygen atoms in total. The molecule has 0 bridgehead atoms. The Kier molecular flexibility index (Phi) is 2.92. The number of hydrogen-bond donors (Lipinski definition) is 3. The minimum atomic E-state index is -1.26. The number of nitrogens with two attached hydrogens (primary N) is 1. The smallest absolute Gasteiger partial charge is 0.362 e. The van der Waals surface area contributed by atoms with Gasteiger partial charge in [0.15, 0.2) is 0 Å². The summed E-state index contributed by atoms with van der Waals surface area (Å²) < 4.78 is 5.23. The molecule has 0 saturated carbocycles. The van der Waals surface area contributed by atoms with Gasteiger partial charge in [-0.2, -0.15) is 0 Å². The SMILES string of the molecule is NC(=O)c1ccc(Oc2[nH]nnc2C(=O)O)cc1. The zero-order valence-electron chi connectivity index (χ0n) is 8.95. The van der Waals surface area contributed by atoms with Crippen molar-refractivity contribution >= 4 is 11.9 Å². The summed E-state index contributed by atoms with van der Waals surface area (Å²) in [5, 5.41) is 17.8. The molecular formula is C10H8N4O4. The number of hydrogen-bond acceptors (Lipinski definition) is 5. The number of H-pyrrole nitrogens is 1. The maximum absolute atomic E-state index is 10.9. The number of carboxylic acids is 1. The van der Waals surface area contributed by atoms with Crippen LogP contribution < -0.4 is 10.5 Å². The summed E-state index contributed by atoms with van der Waals surface area (Å²) in [5.74, 6) is -1.58. The van der Waals surface area contributed by atoms with Crippen LogP contribution in [0.3, 0.4) is 0 Å². The van der Waals surface area contributed by atoms with Gasteiger partial charge in [0.25, 0.3) is 5.88 Å². The summed E-state index contributed by atoms with van der Waals surface area (Å²) in [7, 11) is 0. The maximum Gasteiger partial charge on any atom is 0.362 e. The minimum absolute atomic E-state index is 0.0886. The molecule has 0 unspecified atom stereocenters. The predicted molar refractivity (Wildman–Crippen MR) is 58.4 cm³/mol. The van der Waals surface area contributed by atoms with Crippen LogP contribution in [-0.2, 0) is 0 Å². The van der Waals surface area contributed by atoms with Crippen LogP contribution in [0.25, 0.3) is 0 Å². The number of carbonyl (C=O) groups excluding carboxylic acids is 1. The van der Waals surface area contributed by atoms with Crippen LogP contribution in [0.15, 0.2) is 24.3 Å². The number of nitrogens with one attached hydrogen (secondary N) is 1. The fourth-order valence-corrected chi connectivity index (χ4v) is 1.23. The number of benzene rings is 1. The molecule has 8 heteroatoms. The van der Waals surface area contributed by atoms with Gasteiger partial charge < -0.3 is 15.6 Å². The monoisotopic (exact) mass is 248 g/mol. The average molecular weight is 248 g/mol. The molecule has 0 radical (unpaired) electrons. The molecule has 0 saturated heterocycles. The summed E-state index contributed by atoms with van der Waals surface area (Å²) in [6, 6.07) is 5.88. The average Bonchev–Trinajstić information content (AvgIpc) is 2.78. The van der Waals surface area contributed by atoms with E-state index in [-0.39, 0.29) is 11.6 Å². The van der Waals surface area contributed by atoms with Gasteiger partial charge in [-0.15, -0.1) is 5.10 Å². The number of rotatable bonds is 4. The molecule has 4 N–H and O–H groups in total. The molecule has 2 aromatic rings. The second kappa shape index (κ2) is 4.53. The molecule has 1 amide bonds. The van der Waals surface area contributed by atoms with E-state index in [9.17, 15) is 9.59 Å². The van der Waals surface area contributed by atoms with Gasteiger partial charge in [0.2, 0.25) is 11.6 Å². The molecule has 2 rings (SSSR count). The molecule has 0 spiro atoms. The Morgan fingerprint density at radius 2 is 1.94 bits per heavy atom. The second-order valence-electron chi connectivity index (χ2n) is 3.29. The van der Waals surface area contributed by atoms with E-state index in [1.807, 2.05) is 0 Å². The van der Waals surface area contributed by atoms with E-state index < -0.39 is 11.9 Å². The lowest BCUT2D eigenvalue weighted by molar-refractivity contribution is 0.0687. The van der Waals surface area contributed by atoms with Crippen molar-refractivity contribution in [3.8, 4) is 11.6 Å². The van der Waals surface area contributed by atoms with E-state index in [1.165, 1.54) is 24.3 Å². The van der Waals surface area contributed by atoms with Crippen molar-refractivity contribution in [1.82, 2.24) is 15.4 Å². The predicted octanol–water partition coefficient (Wildman–Crippen LogP) is 0.394. The van der Waals surface area contributed by atoms with Crippen LogP contribution in [0.4, 0.5) is 0 Å². The van der Waals surface area contributed by atoms with Crippen LogP contribution in [0.1, 0.15) is 20.8 Å². The molecule has 0 aliphatic heterocycles. The van der Waals surface area contributed by atoms with Crippen molar-refractivity contribution in [1.29, 1.82) is 0 Å². The second-order valence-corrected chi connectivity index (χ2v) is 3.29. The molecule has 0 fully saturated rings. The standard InChI is InChI=1S/C10H8N4O4/c11-8(15)5-1-3-6(4-2-5)18-9-7(10(16)17)12-14-13-9/h1-4H,(H2,11,15)(H,16,17)(H,12,13,14). The van der Waals surface area contributed by atoms with Crippen molar-refractivity contribution in [3.05, 3.63) is 35.5 Å². The van der Waals surface area contributed by atoms with Gasteiger partial charge in [-0.1, -0.05) is 5.21 Å². The number of aromatic carboxylic acids is 1. The molecule has 1 aromatic carbocycles. The van der Waals surface area contributed by atoms with Crippen LogP contribution in [0.2, 0.25) is 0 Å². The first-order chi connectivity index (χ1) is 8.58. The Hall–Kier alpha value is -2.90. The van der Waals surface area contributed by atoms with Crippen molar-refractivity contribution in [2.75, 3.05) is 0 Å². The number of nitrogens with zero attached hydrogens (tertiary/aromatic N) is 2. The molecule has 1 heterocycles. The highest BCUT2D eigenvalue weighted by Gasteiger charge is 2.16. The van der Waals surface area contributed by atoms with Gasteiger partial charge >= 0.3 is 5.97 Å². The third kappa shape index (κ3) is 2.26. The highest BCUT2D eigenvalue weighted by molar-refractivity contribution is 5.92. The fourth-order valence-electron chi connectivity index (χ4n) is 1.23. The Morgan fingerprint density at radius 3 is 2.50 bits per heavy atom. The molecule has 1 aromatic heterocycles. The lowest BCUT2D eigenvalue weighted by Gasteiger charge is -2.03. The first kappa shape index (κ1) is 11.6. The largest absolute Gasteiger partial charge is 0.476 e. The van der Waals surface area contributed by atoms with Crippen molar-refractivity contribution in [3.63, 3.8) is 0 Å². The number of aromatic amines is 1. The van der Waals surface area contributed by atoms with E-state index in [0.717, 1.165) is 0 Å². The molecule has 0 aliphatic rings. The van der Waals surface area contributed by atoms with Crippen molar-refractivity contribution < 1.29 is 19.4 Å². The number of carboxylic acid groups (broad SMARTS) is 1. The summed E-state index contributed by atoms with van der Waals surface area (Å²) in [6.07, 6.45) is 0. The lowest BCUT2D eigenvalue weighted by Crippen LogP contribution is -2.10. The number of ether oxygens (including phenoxy) is 1. The quantitative estimate of drug-likeness (QED) is 0.717. The lowest BCUT2D eigenvalue weighted by atomic mass is 10.2. The number of aromatic nitrogens is 3. The molecule has 0 aliphatic carbocycles. The van der Waals surface area contributed by atoms with E-state index in [2.05, 4.69) is 15.4 Å². The minimum Gasteiger partial charge on any atom is -0.476 e. The Morgan fingerprint density at radius 1 is 1.28 bits per heavy atom. The van der Waals surface area contributed by atoms with E-state index in [1.54, 1.807) is 0 Å². The van der Waals surface area contributed by atoms with Gasteiger partial charge in [0.05, 0.1) is 0 Å². The molecule has 18 heavy (non-hydrogen) atoms. The third-order valence-electron chi connectivity index (χ3n) is 2.08. The molecule has 92 valence electrons. The van der Waals surface area contributed by atoms with Gasteiger partial charge in [0, 0.05) is 5.56 Å². The number of primary amides is 1. The van der Waals surface area contributed by atoms with Gasteiger partial charge in [-0.3, -0.25) is 4.79 Å². The van der Waals surface area contributed by atoms with Crippen LogP contribution in [0, 0.1) is 0 Å². The van der Waals surface area contributed by atoms with Crippen LogP contribution >= 0.6 is 0 Å². The summed E-state index contributed by atoms with van der Waals surface area (Å²) in [6.45, 7) is 0. The normalized spacial score (nSPS) is 10.0. The Balaban J connectivity index is 2.21. The van der Waals surface area contributed by atoms with Gasteiger partial charge in [0.1, 0.15) is 5.75 Å². The van der Waals surface area contributed by atoms with Gasteiger partial charge in [-0.25, -0.2) is 9.89 Å². The first-order valence-corrected chi connectivity index (χ1v) is 4.80. The highest BCUT2D eigenvalue weighted by atomic mass is 16.5.